The number of Topliss-reactive ketones (excluding diaryl/α,β-unsaturated/α-hetero) is 2. The molecule has 0 saturated carbocycles. The van der Waals surface area contributed by atoms with Crippen LogP contribution in [0, 0.1) is 5.82 Å². The third-order valence-corrected chi connectivity index (χ3v) is 4.62. The van der Waals surface area contributed by atoms with E-state index in [1.165, 1.54) is 11.0 Å². The molecule has 0 fully saturated rings. The van der Waals surface area contributed by atoms with Crippen LogP contribution in [-0.2, 0) is 9.59 Å². The summed E-state index contributed by atoms with van der Waals surface area (Å²) in [6.07, 6.45) is 0.517. The number of anilines is 1. The van der Waals surface area contributed by atoms with Crippen LogP contribution >= 0.6 is 0 Å². The summed E-state index contributed by atoms with van der Waals surface area (Å²) >= 11 is 0. The van der Waals surface area contributed by atoms with Crippen LogP contribution in [0.5, 0.6) is 0 Å². The van der Waals surface area contributed by atoms with Gasteiger partial charge in [0.1, 0.15) is 11.6 Å². The Bertz CT molecular complexity index is 1130. The number of carbonyl (C=O) groups excluding carboxylic acids is 2. The second-order valence-corrected chi connectivity index (χ2v) is 6.69. The zero-order valence-corrected chi connectivity index (χ0v) is 15.3. The number of hydrogen-bond acceptors (Lipinski definition) is 4. The second kappa shape index (κ2) is 7.75. The van der Waals surface area contributed by atoms with Gasteiger partial charge in [-0.15, -0.1) is 0 Å². The second-order valence-electron chi connectivity index (χ2n) is 6.69. The number of ketones is 2. The number of carbonyl (C=O) groups is 2. The highest BCUT2D eigenvalue weighted by Crippen LogP contribution is 2.28. The maximum Gasteiger partial charge on any atom is 0.200 e. The molecule has 0 spiro atoms. The topological polar surface area (TPSA) is 50.3 Å². The highest BCUT2D eigenvalue weighted by atomic mass is 19.1. The number of nitrogens with zero attached hydrogens (tertiary/aromatic N) is 2. The number of allylic oxidation sites excluding steroid dienone is 1. The molecule has 1 aliphatic heterocycles. The van der Waals surface area contributed by atoms with Gasteiger partial charge in [-0.25, -0.2) is 13.8 Å². The van der Waals surface area contributed by atoms with Gasteiger partial charge in [-0.3, -0.25) is 9.59 Å². The average molecular weight is 390 g/mol. The molecule has 2 aromatic carbocycles. The third-order valence-electron chi connectivity index (χ3n) is 4.62. The maximum absolute atomic E-state index is 14.7. The standard InChI is InChI=1S/C23H16F2N2O2/c24-19-11-16(9-10-18(19)15-5-2-1-3-6-15)21-7-4-8-23(26-21)27-13-17(28)12-22(29)20(25)14-27/h1-11,14H,12-13H2. The van der Waals surface area contributed by atoms with Crippen molar-refractivity contribution in [3.05, 3.63) is 84.6 Å². The van der Waals surface area contributed by atoms with Crippen molar-refractivity contribution in [1.29, 1.82) is 0 Å². The normalized spacial score (nSPS) is 14.6. The first-order valence-corrected chi connectivity index (χ1v) is 9.02. The highest BCUT2D eigenvalue weighted by Gasteiger charge is 2.23. The van der Waals surface area contributed by atoms with E-state index in [4.69, 9.17) is 0 Å². The molecule has 1 aliphatic rings. The first-order chi connectivity index (χ1) is 14.0. The summed E-state index contributed by atoms with van der Waals surface area (Å²) in [4.78, 5) is 29.1. The van der Waals surface area contributed by atoms with Crippen molar-refractivity contribution in [1.82, 2.24) is 4.98 Å². The van der Waals surface area contributed by atoms with Crippen molar-refractivity contribution in [3.8, 4) is 22.4 Å². The van der Waals surface area contributed by atoms with E-state index in [-0.39, 0.29) is 12.4 Å². The van der Waals surface area contributed by atoms with Gasteiger partial charge in [0, 0.05) is 17.3 Å². The van der Waals surface area contributed by atoms with Gasteiger partial charge in [-0.2, -0.15) is 0 Å². The molecular formula is C23H16F2N2O2. The first-order valence-electron chi connectivity index (χ1n) is 9.02. The van der Waals surface area contributed by atoms with Gasteiger partial charge in [0.2, 0.25) is 0 Å². The molecule has 6 heteroatoms. The molecule has 0 saturated heterocycles. The Hall–Kier alpha value is -3.67. The molecule has 0 atom stereocenters. The fourth-order valence-electron chi connectivity index (χ4n) is 3.18. The van der Waals surface area contributed by atoms with E-state index in [2.05, 4.69) is 4.98 Å². The van der Waals surface area contributed by atoms with Gasteiger partial charge in [0.05, 0.1) is 18.7 Å². The minimum absolute atomic E-state index is 0.156. The number of rotatable bonds is 3. The Kier molecular flexibility index (Phi) is 4.99. The van der Waals surface area contributed by atoms with Crippen LogP contribution in [0.15, 0.2) is 78.8 Å². The van der Waals surface area contributed by atoms with E-state index in [1.807, 2.05) is 30.3 Å². The summed E-state index contributed by atoms with van der Waals surface area (Å²) in [7, 11) is 0. The Balaban J connectivity index is 1.68. The third kappa shape index (κ3) is 3.96. The number of aromatic nitrogens is 1. The molecule has 0 aliphatic carbocycles. The largest absolute Gasteiger partial charge is 0.322 e. The zero-order chi connectivity index (χ0) is 20.4. The lowest BCUT2D eigenvalue weighted by Gasteiger charge is -2.17. The van der Waals surface area contributed by atoms with E-state index in [9.17, 15) is 18.4 Å². The molecule has 1 aromatic heterocycles. The van der Waals surface area contributed by atoms with E-state index >= 15 is 0 Å². The lowest BCUT2D eigenvalue weighted by atomic mass is 10.0. The molecular weight excluding hydrogens is 374 g/mol. The first kappa shape index (κ1) is 18.7. The molecule has 0 unspecified atom stereocenters. The Morgan fingerprint density at radius 2 is 1.66 bits per heavy atom. The molecule has 0 bridgehead atoms. The van der Waals surface area contributed by atoms with Crippen LogP contribution in [0.3, 0.4) is 0 Å². The van der Waals surface area contributed by atoms with Crippen molar-refractivity contribution < 1.29 is 18.4 Å². The van der Waals surface area contributed by atoms with Crippen molar-refractivity contribution in [2.24, 2.45) is 0 Å². The monoisotopic (exact) mass is 390 g/mol. The smallest absolute Gasteiger partial charge is 0.200 e. The van der Waals surface area contributed by atoms with Crippen LogP contribution in [0.4, 0.5) is 14.6 Å². The van der Waals surface area contributed by atoms with Crippen LogP contribution in [0.1, 0.15) is 6.42 Å². The SMILES string of the molecule is O=C1CC(=O)C(F)=CN(c2cccc(-c3ccc(-c4ccccc4)c(F)c3)n2)C1. The number of hydrogen-bond donors (Lipinski definition) is 0. The van der Waals surface area contributed by atoms with Gasteiger partial charge in [-0.05, 0) is 23.8 Å². The summed E-state index contributed by atoms with van der Waals surface area (Å²) in [6.45, 7) is -0.156. The van der Waals surface area contributed by atoms with Crippen molar-refractivity contribution in [2.75, 3.05) is 11.4 Å². The van der Waals surface area contributed by atoms with Crippen molar-refractivity contribution >= 4 is 17.4 Å². The van der Waals surface area contributed by atoms with Crippen molar-refractivity contribution in [2.45, 2.75) is 6.42 Å². The van der Waals surface area contributed by atoms with Crippen LogP contribution in [0.2, 0.25) is 0 Å². The van der Waals surface area contributed by atoms with Gasteiger partial charge < -0.3 is 4.90 Å². The Morgan fingerprint density at radius 3 is 2.41 bits per heavy atom. The van der Waals surface area contributed by atoms with E-state index < -0.39 is 23.8 Å². The molecule has 0 radical (unpaired) electrons. The number of pyridine rings is 1. The molecule has 4 nitrogen and oxygen atoms in total. The molecule has 0 amide bonds. The molecule has 29 heavy (non-hydrogen) atoms. The van der Waals surface area contributed by atoms with Gasteiger partial charge in [0.15, 0.2) is 17.4 Å². The average Bonchev–Trinajstić information content (AvgIpc) is 2.86. The fraction of sp³-hybridized carbons (Fsp3) is 0.0870. The maximum atomic E-state index is 14.7. The summed E-state index contributed by atoms with van der Waals surface area (Å²) in [5.41, 5.74) is 2.27. The van der Waals surface area contributed by atoms with E-state index in [1.54, 1.807) is 30.3 Å². The van der Waals surface area contributed by atoms with Gasteiger partial charge in [-0.1, -0.05) is 48.5 Å². The molecule has 3 aromatic rings. The van der Waals surface area contributed by atoms with Crippen LogP contribution in [0.25, 0.3) is 22.4 Å². The number of halogens is 2. The van der Waals surface area contributed by atoms with Gasteiger partial charge >= 0.3 is 0 Å². The summed E-state index contributed by atoms with van der Waals surface area (Å²) < 4.78 is 28.6. The van der Waals surface area contributed by atoms with Crippen molar-refractivity contribution in [3.63, 3.8) is 0 Å². The summed E-state index contributed by atoms with van der Waals surface area (Å²) in [5, 5.41) is 0. The fourth-order valence-corrected chi connectivity index (χ4v) is 3.18. The van der Waals surface area contributed by atoms with Gasteiger partial charge in [0.25, 0.3) is 0 Å². The molecule has 4 rings (SSSR count). The molecule has 144 valence electrons. The van der Waals surface area contributed by atoms with E-state index in [0.29, 0.717) is 22.6 Å². The summed E-state index contributed by atoms with van der Waals surface area (Å²) in [6, 6.07) is 19.0. The zero-order valence-electron chi connectivity index (χ0n) is 15.3. The lowest BCUT2D eigenvalue weighted by Crippen LogP contribution is -2.24. The minimum Gasteiger partial charge on any atom is -0.322 e. The van der Waals surface area contributed by atoms with Crippen LogP contribution < -0.4 is 4.90 Å². The van der Waals surface area contributed by atoms with Crippen LogP contribution in [-0.4, -0.2) is 23.1 Å². The minimum atomic E-state index is -0.985. The van der Waals surface area contributed by atoms with E-state index in [0.717, 1.165) is 11.8 Å². The Morgan fingerprint density at radius 1 is 0.862 bits per heavy atom. The quantitative estimate of drug-likeness (QED) is 0.608. The predicted molar refractivity (Wildman–Crippen MR) is 106 cm³/mol. The highest BCUT2D eigenvalue weighted by molar-refractivity contribution is 6.09. The molecule has 2 heterocycles. The number of benzene rings is 2. The Labute approximate surface area is 166 Å². The summed E-state index contributed by atoms with van der Waals surface area (Å²) in [5.74, 6) is -2.31. The molecule has 0 N–H and O–H groups in total. The predicted octanol–water partition coefficient (Wildman–Crippen LogP) is 4.71. The lowest BCUT2D eigenvalue weighted by molar-refractivity contribution is -0.124.